The topological polar surface area (TPSA) is 317 Å². The van der Waals surface area contributed by atoms with Gasteiger partial charge in [-0.15, -0.1) is 0 Å². The second kappa shape index (κ2) is 20.4. The van der Waals surface area contributed by atoms with Crippen LogP contribution in [0.25, 0.3) is 0 Å². The molecule has 4 fully saturated rings. The first-order chi connectivity index (χ1) is 25.5. The highest BCUT2D eigenvalue weighted by Crippen LogP contribution is 2.31. The molecule has 0 radical (unpaired) electrons. The maximum Gasteiger partial charge on any atom is 0.187 e. The van der Waals surface area contributed by atoms with Crippen molar-refractivity contribution >= 4 is 0 Å². The Morgan fingerprint density at radius 3 is 1.39 bits per heavy atom. The second-order valence-electron chi connectivity index (χ2n) is 14.3. The van der Waals surface area contributed by atoms with Gasteiger partial charge in [-0.3, -0.25) is 0 Å². The molecule has 0 bridgehead atoms. The van der Waals surface area contributed by atoms with Crippen LogP contribution >= 0.6 is 0 Å². The lowest BCUT2D eigenvalue weighted by atomic mass is 9.97. The van der Waals surface area contributed by atoms with Gasteiger partial charge in [0.15, 0.2) is 25.2 Å². The summed E-state index contributed by atoms with van der Waals surface area (Å²) in [5, 5.41) is 123. The Hall–Kier alpha value is -1.32. The molecule has 4 rings (SSSR count). The summed E-state index contributed by atoms with van der Waals surface area (Å²) in [6.45, 7) is 5.34. The van der Waals surface area contributed by atoms with Gasteiger partial charge in [0.1, 0.15) is 85.5 Å². The molecule has 0 amide bonds. The van der Waals surface area contributed by atoms with Crippen molar-refractivity contribution in [2.75, 3.05) is 26.4 Å². The van der Waals surface area contributed by atoms with E-state index in [4.69, 9.17) is 37.9 Å². The van der Waals surface area contributed by atoms with Gasteiger partial charge >= 0.3 is 0 Å². The molecule has 4 aliphatic rings. The summed E-state index contributed by atoms with van der Waals surface area (Å²) in [5.74, 6) is 0. The van der Waals surface area contributed by atoms with Gasteiger partial charge in [-0.25, -0.2) is 0 Å². The molecule has 0 spiro atoms. The van der Waals surface area contributed by atoms with Crippen LogP contribution in [0.4, 0.5) is 0 Å². The Bertz CT molecular complexity index is 1200. The van der Waals surface area contributed by atoms with Crippen molar-refractivity contribution in [3.05, 3.63) is 23.3 Å². The third-order valence-corrected chi connectivity index (χ3v) is 10.0. The summed E-state index contributed by atoms with van der Waals surface area (Å²) < 4.78 is 45.3. The van der Waals surface area contributed by atoms with Crippen molar-refractivity contribution in [3.63, 3.8) is 0 Å². The highest BCUT2D eigenvalue weighted by molar-refractivity contribution is 5.05. The van der Waals surface area contributed by atoms with E-state index in [1.807, 2.05) is 13.0 Å². The van der Waals surface area contributed by atoms with E-state index in [9.17, 15) is 61.3 Å². The number of hydrogen-bond donors (Lipinski definition) is 12. The molecular weight excluding hydrogens is 728 g/mol. The zero-order chi connectivity index (χ0) is 40.0. The van der Waals surface area contributed by atoms with Crippen LogP contribution in [0.2, 0.25) is 0 Å². The first kappa shape index (κ1) is 45.4. The molecule has 0 aliphatic carbocycles. The minimum absolute atomic E-state index is 0.00635. The average Bonchev–Trinajstić information content (AvgIpc) is 3.14. The smallest absolute Gasteiger partial charge is 0.187 e. The fraction of sp³-hybridized carbons (Fsp3) is 0.882. The molecule has 0 aromatic heterocycles. The van der Waals surface area contributed by atoms with Crippen LogP contribution in [0.1, 0.15) is 40.5 Å². The second-order valence-corrected chi connectivity index (χ2v) is 14.3. The molecule has 4 saturated heterocycles. The number of hydrogen-bond acceptors (Lipinski definition) is 20. The van der Waals surface area contributed by atoms with E-state index >= 15 is 0 Å². The Labute approximate surface area is 312 Å². The van der Waals surface area contributed by atoms with Crippen molar-refractivity contribution in [1.82, 2.24) is 0 Å². The van der Waals surface area contributed by atoms with Gasteiger partial charge in [0.05, 0.1) is 38.6 Å². The van der Waals surface area contributed by atoms with E-state index in [1.54, 1.807) is 13.0 Å². The predicted molar refractivity (Wildman–Crippen MR) is 179 cm³/mol. The molecule has 20 atom stereocenters. The van der Waals surface area contributed by atoms with Crippen LogP contribution in [0.5, 0.6) is 0 Å². The molecule has 20 heteroatoms. The lowest BCUT2D eigenvalue weighted by Gasteiger charge is -2.45. The van der Waals surface area contributed by atoms with E-state index in [1.165, 1.54) is 13.8 Å². The van der Waals surface area contributed by atoms with Gasteiger partial charge in [-0.1, -0.05) is 23.3 Å². The maximum atomic E-state index is 10.8. The van der Waals surface area contributed by atoms with Crippen LogP contribution in [0.3, 0.4) is 0 Å². The Morgan fingerprint density at radius 1 is 0.500 bits per heavy atom. The minimum Gasteiger partial charge on any atom is -0.394 e. The molecule has 314 valence electrons. The van der Waals surface area contributed by atoms with Crippen LogP contribution in [-0.4, -0.2) is 211 Å². The summed E-state index contributed by atoms with van der Waals surface area (Å²) in [5.41, 5.74) is 1.68. The van der Waals surface area contributed by atoms with Gasteiger partial charge in [0.25, 0.3) is 0 Å². The highest BCUT2D eigenvalue weighted by atomic mass is 16.8. The summed E-state index contributed by atoms with van der Waals surface area (Å²) in [6.07, 6.45) is -23.9. The minimum atomic E-state index is -1.75. The fourth-order valence-electron chi connectivity index (χ4n) is 6.44. The fourth-order valence-corrected chi connectivity index (χ4v) is 6.44. The van der Waals surface area contributed by atoms with Gasteiger partial charge < -0.3 is 99.2 Å². The monoisotopic (exact) mass is 786 g/mol. The predicted octanol–water partition coefficient (Wildman–Crippen LogP) is -5.00. The molecule has 4 heterocycles. The van der Waals surface area contributed by atoms with Crippen LogP contribution in [0, 0.1) is 0 Å². The Morgan fingerprint density at radius 2 is 0.944 bits per heavy atom. The molecule has 20 nitrogen and oxygen atoms in total. The average molecular weight is 787 g/mol. The number of rotatable bonds is 15. The van der Waals surface area contributed by atoms with Gasteiger partial charge in [-0.2, -0.15) is 0 Å². The number of ether oxygens (including phenoxy) is 8. The quantitative estimate of drug-likeness (QED) is 0.0692. The number of allylic oxidation sites excluding steroid dienone is 2. The van der Waals surface area contributed by atoms with E-state index in [2.05, 4.69) is 0 Å². The summed E-state index contributed by atoms with van der Waals surface area (Å²) in [4.78, 5) is 0. The summed E-state index contributed by atoms with van der Waals surface area (Å²) in [7, 11) is 0. The van der Waals surface area contributed by atoms with Crippen molar-refractivity contribution in [1.29, 1.82) is 0 Å². The molecule has 12 N–H and O–H groups in total. The van der Waals surface area contributed by atoms with E-state index in [0.29, 0.717) is 12.8 Å². The molecular formula is C34H58O20. The van der Waals surface area contributed by atoms with E-state index in [-0.39, 0.29) is 13.2 Å². The SMILES string of the molecule is C/C(=C\CO[C@@H]1O[C@@H](C)[C@H](O)[C@@H](O)[C@H]1O[C@@H]1O[C@H](CO)[C@@H](O)[C@H](O)[C@H]1O)CC/C=C(\C)CO[C@@H]1O[C@@H](C)[C@H](O)[C@@H](O)[C@H]1O[C@@H]1O[C@H](CO)[C@@H](O)[C@H](O)[C@H]1O. The third kappa shape index (κ3) is 10.8. The van der Waals surface area contributed by atoms with Crippen LogP contribution in [-0.2, 0) is 37.9 Å². The largest absolute Gasteiger partial charge is 0.394 e. The normalized spacial score (nSPS) is 46.8. The molecule has 0 aromatic rings. The molecule has 0 unspecified atom stereocenters. The first-order valence-corrected chi connectivity index (χ1v) is 18.0. The van der Waals surface area contributed by atoms with Gasteiger partial charge in [0, 0.05) is 0 Å². The first-order valence-electron chi connectivity index (χ1n) is 18.0. The molecule has 54 heavy (non-hydrogen) atoms. The van der Waals surface area contributed by atoms with Gasteiger partial charge in [0.2, 0.25) is 0 Å². The molecule has 0 aromatic carbocycles. The zero-order valence-corrected chi connectivity index (χ0v) is 30.6. The van der Waals surface area contributed by atoms with Crippen molar-refractivity contribution in [2.45, 2.75) is 163 Å². The number of aliphatic hydroxyl groups is 12. The van der Waals surface area contributed by atoms with Crippen LogP contribution < -0.4 is 0 Å². The summed E-state index contributed by atoms with van der Waals surface area (Å²) >= 11 is 0. The lowest BCUT2D eigenvalue weighted by molar-refractivity contribution is -0.363. The zero-order valence-electron chi connectivity index (χ0n) is 30.6. The summed E-state index contributed by atoms with van der Waals surface area (Å²) in [6, 6.07) is 0. The van der Waals surface area contributed by atoms with Crippen molar-refractivity contribution in [2.24, 2.45) is 0 Å². The van der Waals surface area contributed by atoms with Crippen molar-refractivity contribution < 1.29 is 99.2 Å². The Kier molecular flexibility index (Phi) is 17.1. The number of aliphatic hydroxyl groups excluding tert-OH is 12. The maximum absolute atomic E-state index is 10.8. The molecule has 0 saturated carbocycles. The Balaban J connectivity index is 1.29. The standard InChI is InChI=1S/C34H58O20/c1-13(8-9-47-33-29(25(43)19(37)15(3)49-33)53-31-27(45)23(41)21(39)17(10-35)51-31)6-5-7-14(2)12-48-34-30(26(44)20(38)16(4)50-34)54-32-28(46)24(42)22(40)18(11-36)52-32/h7-8,15-46H,5-6,9-12H2,1-4H3/b13-8+,14-7+/t15-,16-,17+,18+,19-,20-,21+,22+,23-,24-,25+,26+,27+,28+,29+,30+,31-,32-,33+,34+/m0/s1. The van der Waals surface area contributed by atoms with Gasteiger partial charge in [-0.05, 0) is 40.5 Å². The van der Waals surface area contributed by atoms with E-state index in [0.717, 1.165) is 11.1 Å². The van der Waals surface area contributed by atoms with Crippen LogP contribution in [0.15, 0.2) is 23.3 Å². The lowest BCUT2D eigenvalue weighted by Crippen LogP contribution is -2.64. The molecule has 4 aliphatic heterocycles. The third-order valence-electron chi connectivity index (χ3n) is 10.0. The van der Waals surface area contributed by atoms with Crippen molar-refractivity contribution in [3.8, 4) is 0 Å². The highest BCUT2D eigenvalue weighted by Gasteiger charge is 2.52. The van der Waals surface area contributed by atoms with E-state index < -0.39 is 136 Å².